The fraction of sp³-hybridized carbons (Fsp3) is 0.400. The van der Waals surface area contributed by atoms with Gasteiger partial charge >= 0.3 is 6.09 Å². The van der Waals surface area contributed by atoms with Crippen LogP contribution in [0.25, 0.3) is 16.3 Å². The minimum Gasteiger partial charge on any atom is -0.444 e. The molecule has 0 aliphatic heterocycles. The highest BCUT2D eigenvalue weighted by Crippen LogP contribution is 2.26. The lowest BCUT2D eigenvalue weighted by molar-refractivity contribution is 0.0635. The molecule has 1 unspecified atom stereocenters. The number of hydrogen-bond acceptors (Lipinski definition) is 5. The van der Waals surface area contributed by atoms with Crippen molar-refractivity contribution in [3.63, 3.8) is 0 Å². The summed E-state index contributed by atoms with van der Waals surface area (Å²) < 4.78 is 5.26. The first-order valence-electron chi connectivity index (χ1n) is 10.0. The zero-order chi connectivity index (χ0) is 22.5. The van der Waals surface area contributed by atoms with Crippen LogP contribution in [0.4, 0.5) is 10.6 Å². The summed E-state index contributed by atoms with van der Waals surface area (Å²) in [6.45, 7) is 15.2. The minimum atomic E-state index is -0.579. The number of carbonyl (C=O) groups is 1. The molecule has 0 aromatic carbocycles. The van der Waals surface area contributed by atoms with E-state index in [1.54, 1.807) is 39.2 Å². The van der Waals surface area contributed by atoms with Gasteiger partial charge in [0.25, 0.3) is 0 Å². The lowest BCUT2D eigenvalue weighted by atomic mass is 9.98. The molecule has 0 aliphatic rings. The van der Waals surface area contributed by atoms with E-state index in [1.165, 1.54) is 0 Å². The summed E-state index contributed by atoms with van der Waals surface area (Å²) in [5, 5.41) is 14.4. The minimum absolute atomic E-state index is 0. The Morgan fingerprint density at radius 3 is 2.45 bits per heavy atom. The highest BCUT2D eigenvalue weighted by Gasteiger charge is 2.17. The first-order chi connectivity index (χ1) is 14.0. The average Bonchev–Trinajstić information content (AvgIpc) is 2.66. The number of nitrogens with one attached hydrogen (secondary N) is 1. The lowest BCUT2D eigenvalue weighted by Gasteiger charge is -2.19. The fourth-order valence-corrected chi connectivity index (χ4v) is 2.95. The van der Waals surface area contributed by atoms with E-state index in [0.717, 1.165) is 27.6 Å². The Hall–Kier alpha value is -2.99. The molecule has 2 aromatic heterocycles. The molecule has 2 rings (SSSR count). The highest BCUT2D eigenvalue weighted by atomic mass is 16.6. The van der Waals surface area contributed by atoms with Crippen LogP contribution in [0.2, 0.25) is 0 Å². The van der Waals surface area contributed by atoms with E-state index >= 15 is 0 Å². The molecule has 168 valence electrons. The molecule has 0 bridgehead atoms. The maximum absolute atomic E-state index is 12.0. The molecule has 0 spiro atoms. The predicted octanol–water partition coefficient (Wildman–Crippen LogP) is 6.29. The van der Waals surface area contributed by atoms with Crippen LogP contribution in [-0.4, -0.2) is 32.9 Å². The van der Waals surface area contributed by atoms with Crippen LogP contribution in [0, 0.1) is 0 Å². The van der Waals surface area contributed by atoms with Gasteiger partial charge in [0.15, 0.2) is 0 Å². The van der Waals surface area contributed by atoms with E-state index in [1.807, 2.05) is 39.0 Å². The van der Waals surface area contributed by atoms with Crippen molar-refractivity contribution in [2.45, 2.75) is 67.1 Å². The molecule has 6 nitrogen and oxygen atoms in total. The van der Waals surface area contributed by atoms with E-state index in [0.29, 0.717) is 17.8 Å². The molecule has 1 amide bonds. The van der Waals surface area contributed by atoms with Gasteiger partial charge in [-0.25, -0.2) is 9.78 Å². The quantitative estimate of drug-likeness (QED) is 0.531. The van der Waals surface area contributed by atoms with E-state index in [-0.39, 0.29) is 7.43 Å². The van der Waals surface area contributed by atoms with E-state index in [9.17, 15) is 9.90 Å². The Kier molecular flexibility index (Phi) is 9.13. The molecule has 0 fully saturated rings. The summed E-state index contributed by atoms with van der Waals surface area (Å²) in [6.07, 6.45) is 6.83. The Morgan fingerprint density at radius 2 is 1.87 bits per heavy atom. The number of amides is 1. The molecule has 0 aliphatic carbocycles. The Morgan fingerprint density at radius 1 is 1.26 bits per heavy atom. The van der Waals surface area contributed by atoms with Gasteiger partial charge in [0.05, 0.1) is 11.8 Å². The number of aliphatic hydroxyl groups excluding tert-OH is 1. The smallest absolute Gasteiger partial charge is 0.413 e. The standard InChI is InChI=1S/C24H31N3O3.CH4/c1-8-19(15(3)10-16(4)21(28)9-2)20-11-17-14-26-22(12-18(17)13-25-20)27-23(29)30-24(5,6)7;/h8,10-14,21,28H,4,9H2,1-3,5-7H3,(H,26,27,29);1H4/b15-10-,19-8+;. The van der Waals surface area contributed by atoms with Crippen molar-refractivity contribution in [3.05, 3.63) is 60.1 Å². The largest absolute Gasteiger partial charge is 0.444 e. The maximum Gasteiger partial charge on any atom is 0.413 e. The molecule has 2 heterocycles. The third-order valence-corrected chi connectivity index (χ3v) is 4.44. The van der Waals surface area contributed by atoms with Gasteiger partial charge in [-0.1, -0.05) is 33.1 Å². The van der Waals surface area contributed by atoms with Gasteiger partial charge in [0.1, 0.15) is 11.4 Å². The molecule has 31 heavy (non-hydrogen) atoms. The van der Waals surface area contributed by atoms with Crippen LogP contribution >= 0.6 is 0 Å². The number of nitrogens with zero attached hydrogens (tertiary/aromatic N) is 2. The third kappa shape index (κ3) is 7.33. The second-order valence-corrected chi connectivity index (χ2v) is 8.14. The maximum atomic E-state index is 12.0. The van der Waals surface area contributed by atoms with Crippen molar-refractivity contribution in [2.75, 3.05) is 5.32 Å². The number of anilines is 1. The first-order valence-corrected chi connectivity index (χ1v) is 10.0. The monoisotopic (exact) mass is 425 g/mol. The second kappa shape index (κ2) is 10.9. The Labute approximate surface area is 185 Å². The number of rotatable bonds is 6. The number of pyridine rings is 2. The van der Waals surface area contributed by atoms with Crippen LogP contribution in [0.3, 0.4) is 0 Å². The summed E-state index contributed by atoms with van der Waals surface area (Å²) in [7, 11) is 0. The van der Waals surface area contributed by atoms with Crippen molar-refractivity contribution in [2.24, 2.45) is 0 Å². The topological polar surface area (TPSA) is 84.3 Å². The lowest BCUT2D eigenvalue weighted by Crippen LogP contribution is -2.27. The second-order valence-electron chi connectivity index (χ2n) is 8.14. The number of fused-ring (bicyclic) bond motifs is 1. The number of aliphatic hydroxyl groups is 1. The molecular weight excluding hydrogens is 390 g/mol. The molecule has 2 N–H and O–H groups in total. The number of allylic oxidation sites excluding steroid dienone is 3. The van der Waals surface area contributed by atoms with E-state index in [4.69, 9.17) is 4.74 Å². The third-order valence-electron chi connectivity index (χ3n) is 4.44. The summed E-state index contributed by atoms with van der Waals surface area (Å²) in [5.41, 5.74) is 2.82. The Bertz CT molecular complexity index is 1000. The molecule has 2 aromatic rings. The van der Waals surface area contributed by atoms with Gasteiger partial charge in [-0.3, -0.25) is 10.3 Å². The fourth-order valence-electron chi connectivity index (χ4n) is 2.95. The zero-order valence-electron chi connectivity index (χ0n) is 18.6. The van der Waals surface area contributed by atoms with Gasteiger partial charge < -0.3 is 9.84 Å². The Balaban J connectivity index is 0.00000480. The normalized spacial score (nSPS) is 13.4. The SMILES string of the molecule is C.C=C(/C=C(C)\C(=C/C)c1cc2cnc(NC(=O)OC(C)(C)C)cc2cn1)C(O)CC. The average molecular weight is 426 g/mol. The summed E-state index contributed by atoms with van der Waals surface area (Å²) in [6, 6.07) is 3.71. The van der Waals surface area contributed by atoms with Crippen LogP contribution in [0.1, 0.15) is 61.1 Å². The van der Waals surface area contributed by atoms with Gasteiger partial charge in [-0.15, -0.1) is 0 Å². The van der Waals surface area contributed by atoms with Crippen LogP contribution in [-0.2, 0) is 4.74 Å². The van der Waals surface area contributed by atoms with Crippen molar-refractivity contribution >= 4 is 28.3 Å². The summed E-state index contributed by atoms with van der Waals surface area (Å²) in [5.74, 6) is 0.401. The van der Waals surface area contributed by atoms with Crippen molar-refractivity contribution in [1.29, 1.82) is 0 Å². The van der Waals surface area contributed by atoms with Gasteiger partial charge in [0.2, 0.25) is 0 Å². The highest BCUT2D eigenvalue weighted by molar-refractivity contribution is 5.91. The molecule has 6 heteroatoms. The summed E-state index contributed by atoms with van der Waals surface area (Å²) in [4.78, 5) is 20.8. The number of aromatic nitrogens is 2. The van der Waals surface area contributed by atoms with Crippen LogP contribution in [0.5, 0.6) is 0 Å². The molecule has 1 atom stereocenters. The van der Waals surface area contributed by atoms with Crippen molar-refractivity contribution in [1.82, 2.24) is 9.97 Å². The first kappa shape index (κ1) is 26.0. The van der Waals surface area contributed by atoms with Crippen molar-refractivity contribution < 1.29 is 14.6 Å². The van der Waals surface area contributed by atoms with E-state index < -0.39 is 17.8 Å². The van der Waals surface area contributed by atoms with Crippen LogP contribution < -0.4 is 5.32 Å². The number of hydrogen-bond donors (Lipinski definition) is 2. The molecule has 0 radical (unpaired) electrons. The molecule has 0 saturated heterocycles. The van der Waals surface area contributed by atoms with Crippen LogP contribution in [0.15, 0.2) is 54.4 Å². The van der Waals surface area contributed by atoms with Gasteiger partial charge in [0, 0.05) is 23.2 Å². The van der Waals surface area contributed by atoms with Gasteiger partial charge in [-0.2, -0.15) is 0 Å². The number of carbonyl (C=O) groups excluding carboxylic acids is 1. The summed E-state index contributed by atoms with van der Waals surface area (Å²) >= 11 is 0. The van der Waals surface area contributed by atoms with E-state index in [2.05, 4.69) is 21.9 Å². The molecular formula is C25H35N3O3. The van der Waals surface area contributed by atoms with Crippen molar-refractivity contribution in [3.8, 4) is 0 Å². The zero-order valence-corrected chi connectivity index (χ0v) is 18.6. The predicted molar refractivity (Wildman–Crippen MR) is 129 cm³/mol. The molecule has 0 saturated carbocycles. The number of ether oxygens (including phenoxy) is 1. The van der Waals surface area contributed by atoms with Gasteiger partial charge in [-0.05, 0) is 69.9 Å².